The van der Waals surface area contributed by atoms with Gasteiger partial charge in [0.1, 0.15) is 11.6 Å². The SMILES string of the molecule is O=C1NCCN1Cc1ccc(F)cc1F. The van der Waals surface area contributed by atoms with Crippen LogP contribution in [-0.4, -0.2) is 24.0 Å². The number of carbonyl (C=O) groups is 1. The summed E-state index contributed by atoms with van der Waals surface area (Å²) in [5.41, 5.74) is 0.327. The van der Waals surface area contributed by atoms with Crippen LogP contribution in [0.2, 0.25) is 0 Å². The molecular weight excluding hydrogens is 202 g/mol. The maximum atomic E-state index is 13.2. The maximum absolute atomic E-state index is 13.2. The monoisotopic (exact) mass is 212 g/mol. The zero-order chi connectivity index (χ0) is 10.8. The molecule has 3 nitrogen and oxygen atoms in total. The van der Waals surface area contributed by atoms with Crippen molar-refractivity contribution in [3.8, 4) is 0 Å². The lowest BCUT2D eigenvalue weighted by Crippen LogP contribution is -2.27. The van der Waals surface area contributed by atoms with Crippen LogP contribution in [0.4, 0.5) is 13.6 Å². The minimum atomic E-state index is -0.616. The standard InChI is InChI=1S/C10H10F2N2O/c11-8-2-1-7(9(12)5-8)6-14-4-3-13-10(14)15/h1-2,5H,3-4,6H2,(H,13,15). The number of hydrogen-bond donors (Lipinski definition) is 1. The zero-order valence-electron chi connectivity index (χ0n) is 7.96. The fourth-order valence-electron chi connectivity index (χ4n) is 1.52. The molecule has 0 aliphatic carbocycles. The lowest BCUT2D eigenvalue weighted by atomic mass is 10.2. The number of benzene rings is 1. The van der Waals surface area contributed by atoms with E-state index in [4.69, 9.17) is 0 Å². The van der Waals surface area contributed by atoms with E-state index in [0.717, 1.165) is 6.07 Å². The number of hydrogen-bond acceptors (Lipinski definition) is 1. The number of carbonyl (C=O) groups excluding carboxylic acids is 1. The first-order valence-electron chi connectivity index (χ1n) is 4.63. The van der Waals surface area contributed by atoms with Gasteiger partial charge in [0.2, 0.25) is 0 Å². The third-order valence-corrected chi connectivity index (χ3v) is 2.32. The maximum Gasteiger partial charge on any atom is 0.317 e. The van der Waals surface area contributed by atoms with Gasteiger partial charge in [-0.25, -0.2) is 13.6 Å². The Morgan fingerprint density at radius 2 is 2.20 bits per heavy atom. The summed E-state index contributed by atoms with van der Waals surface area (Å²) in [7, 11) is 0. The molecule has 1 aromatic carbocycles. The molecule has 0 unspecified atom stereocenters. The van der Waals surface area contributed by atoms with Crippen LogP contribution < -0.4 is 5.32 Å². The van der Waals surface area contributed by atoms with Gasteiger partial charge in [-0.1, -0.05) is 6.07 Å². The van der Waals surface area contributed by atoms with E-state index in [1.54, 1.807) is 0 Å². The van der Waals surface area contributed by atoms with Gasteiger partial charge >= 0.3 is 6.03 Å². The number of nitrogens with one attached hydrogen (secondary N) is 1. The van der Waals surface area contributed by atoms with Gasteiger partial charge in [-0.05, 0) is 6.07 Å². The highest BCUT2D eigenvalue weighted by Crippen LogP contribution is 2.13. The van der Waals surface area contributed by atoms with Crippen LogP contribution in [0.25, 0.3) is 0 Å². The Labute approximate surface area is 85.7 Å². The highest BCUT2D eigenvalue weighted by Gasteiger charge is 2.20. The molecular formula is C10H10F2N2O. The lowest BCUT2D eigenvalue weighted by Gasteiger charge is -2.14. The van der Waals surface area contributed by atoms with Gasteiger partial charge in [-0.15, -0.1) is 0 Å². The summed E-state index contributed by atoms with van der Waals surface area (Å²) in [6.45, 7) is 1.30. The van der Waals surface area contributed by atoms with Crippen molar-refractivity contribution >= 4 is 6.03 Å². The third-order valence-electron chi connectivity index (χ3n) is 2.32. The molecule has 80 valence electrons. The first kappa shape index (κ1) is 9.89. The van der Waals surface area contributed by atoms with E-state index in [1.807, 2.05) is 0 Å². The molecule has 1 fully saturated rings. The summed E-state index contributed by atoms with van der Waals surface area (Å²) in [4.78, 5) is 12.7. The number of nitrogens with zero attached hydrogens (tertiary/aromatic N) is 1. The van der Waals surface area contributed by atoms with Crippen molar-refractivity contribution in [3.63, 3.8) is 0 Å². The predicted molar refractivity (Wildman–Crippen MR) is 50.2 cm³/mol. The normalized spacial score (nSPS) is 15.6. The molecule has 1 aliphatic rings. The molecule has 1 aliphatic heterocycles. The summed E-state index contributed by atoms with van der Waals surface area (Å²) < 4.78 is 25.8. The van der Waals surface area contributed by atoms with Crippen molar-refractivity contribution in [1.82, 2.24) is 10.2 Å². The number of halogens is 2. The van der Waals surface area contributed by atoms with Crippen molar-refractivity contribution < 1.29 is 13.6 Å². The average Bonchev–Trinajstić information content (AvgIpc) is 2.57. The highest BCUT2D eigenvalue weighted by atomic mass is 19.1. The van der Waals surface area contributed by atoms with Gasteiger partial charge < -0.3 is 10.2 Å². The van der Waals surface area contributed by atoms with Gasteiger partial charge in [-0.2, -0.15) is 0 Å². The Bertz CT molecular complexity index is 395. The molecule has 15 heavy (non-hydrogen) atoms. The molecule has 5 heteroatoms. The molecule has 2 amide bonds. The molecule has 0 bridgehead atoms. The van der Waals surface area contributed by atoms with Crippen LogP contribution in [0, 0.1) is 11.6 Å². The second kappa shape index (κ2) is 3.84. The smallest absolute Gasteiger partial charge is 0.317 e. The Morgan fingerprint density at radius 3 is 2.80 bits per heavy atom. The van der Waals surface area contributed by atoms with Crippen molar-refractivity contribution in [1.29, 1.82) is 0 Å². The van der Waals surface area contributed by atoms with Crippen molar-refractivity contribution in [2.75, 3.05) is 13.1 Å². The second-order valence-corrected chi connectivity index (χ2v) is 3.39. The van der Waals surface area contributed by atoms with E-state index in [1.165, 1.54) is 17.0 Å². The van der Waals surface area contributed by atoms with E-state index in [-0.39, 0.29) is 12.6 Å². The number of rotatable bonds is 2. The molecule has 0 saturated carbocycles. The van der Waals surface area contributed by atoms with Gasteiger partial charge in [0.15, 0.2) is 0 Å². The molecule has 1 saturated heterocycles. The molecule has 0 atom stereocenters. The van der Waals surface area contributed by atoms with E-state index in [0.29, 0.717) is 18.7 Å². The fraction of sp³-hybridized carbons (Fsp3) is 0.300. The van der Waals surface area contributed by atoms with Crippen molar-refractivity contribution in [2.24, 2.45) is 0 Å². The molecule has 1 heterocycles. The van der Waals surface area contributed by atoms with E-state index < -0.39 is 11.6 Å². The van der Waals surface area contributed by atoms with E-state index in [9.17, 15) is 13.6 Å². The van der Waals surface area contributed by atoms with Crippen molar-refractivity contribution in [3.05, 3.63) is 35.4 Å². The van der Waals surface area contributed by atoms with Crippen LogP contribution in [0.1, 0.15) is 5.56 Å². The van der Waals surface area contributed by atoms with Gasteiger partial charge in [-0.3, -0.25) is 0 Å². The molecule has 0 aromatic heterocycles. The lowest BCUT2D eigenvalue weighted by molar-refractivity contribution is 0.215. The molecule has 0 spiro atoms. The Balaban J connectivity index is 2.13. The van der Waals surface area contributed by atoms with Crippen LogP contribution >= 0.6 is 0 Å². The first-order chi connectivity index (χ1) is 7.16. The van der Waals surface area contributed by atoms with Gasteiger partial charge in [0, 0.05) is 24.7 Å². The average molecular weight is 212 g/mol. The second-order valence-electron chi connectivity index (χ2n) is 3.39. The van der Waals surface area contributed by atoms with Gasteiger partial charge in [0.05, 0.1) is 6.54 Å². The van der Waals surface area contributed by atoms with Crippen molar-refractivity contribution in [2.45, 2.75) is 6.54 Å². The number of amides is 2. The molecule has 2 rings (SSSR count). The largest absolute Gasteiger partial charge is 0.336 e. The Morgan fingerprint density at radius 1 is 1.40 bits per heavy atom. The summed E-state index contributed by atoms with van der Waals surface area (Å²) in [6, 6.07) is 3.16. The van der Waals surface area contributed by atoms with Crippen LogP contribution in [0.3, 0.4) is 0 Å². The fourth-order valence-corrected chi connectivity index (χ4v) is 1.52. The summed E-state index contributed by atoms with van der Waals surface area (Å²) in [5.74, 6) is -1.23. The van der Waals surface area contributed by atoms with Crippen LogP contribution in [-0.2, 0) is 6.54 Å². The van der Waals surface area contributed by atoms with Crippen LogP contribution in [0.15, 0.2) is 18.2 Å². The summed E-state index contributed by atoms with van der Waals surface area (Å²) in [5, 5.41) is 2.61. The van der Waals surface area contributed by atoms with Gasteiger partial charge in [0.25, 0.3) is 0 Å². The zero-order valence-corrected chi connectivity index (χ0v) is 7.96. The predicted octanol–water partition coefficient (Wildman–Crippen LogP) is 1.49. The summed E-state index contributed by atoms with van der Waals surface area (Å²) in [6.07, 6.45) is 0. The topological polar surface area (TPSA) is 32.3 Å². The molecule has 0 radical (unpaired) electrons. The molecule has 1 N–H and O–H groups in total. The Hall–Kier alpha value is -1.65. The van der Waals surface area contributed by atoms with Crippen LogP contribution in [0.5, 0.6) is 0 Å². The van der Waals surface area contributed by atoms with E-state index in [2.05, 4.69) is 5.32 Å². The number of urea groups is 1. The summed E-state index contributed by atoms with van der Waals surface area (Å²) >= 11 is 0. The minimum absolute atomic E-state index is 0.179. The molecule has 1 aromatic rings. The first-order valence-corrected chi connectivity index (χ1v) is 4.63. The van der Waals surface area contributed by atoms with E-state index >= 15 is 0 Å². The quantitative estimate of drug-likeness (QED) is 0.791. The highest BCUT2D eigenvalue weighted by molar-refractivity contribution is 5.76. The third kappa shape index (κ3) is 2.06. The minimum Gasteiger partial charge on any atom is -0.336 e. The Kier molecular flexibility index (Phi) is 2.53.